The first-order valence-corrected chi connectivity index (χ1v) is 7.24. The third-order valence-electron chi connectivity index (χ3n) is 2.55. The molecule has 0 fully saturated rings. The average molecular weight is 353 g/mol. The van der Waals surface area contributed by atoms with Crippen LogP contribution in [0.5, 0.6) is 0 Å². The van der Waals surface area contributed by atoms with Crippen LogP contribution in [0.15, 0.2) is 0 Å². The molecule has 0 spiro atoms. The lowest BCUT2D eigenvalue weighted by Crippen LogP contribution is -2.55. The molecule has 7 nitrogen and oxygen atoms in total. The van der Waals surface area contributed by atoms with Crippen LogP contribution < -0.4 is 0 Å². The summed E-state index contributed by atoms with van der Waals surface area (Å²) in [5.41, 5.74) is 0. The van der Waals surface area contributed by atoms with E-state index in [0.29, 0.717) is 6.42 Å². The van der Waals surface area contributed by atoms with Crippen molar-refractivity contribution < 1.29 is 49.6 Å². The lowest BCUT2D eigenvalue weighted by Gasteiger charge is -2.27. The molecule has 0 radical (unpaired) electrons. The molecule has 0 aromatic carbocycles. The maximum Gasteiger partial charge on any atom is 0.447 e. The predicted molar refractivity (Wildman–Crippen MR) is 61.0 cm³/mol. The zero-order valence-corrected chi connectivity index (χ0v) is 12.3. The molecule has 0 aliphatic carbocycles. The van der Waals surface area contributed by atoms with E-state index in [9.17, 15) is 40.1 Å². The molecule has 0 aliphatic heterocycles. The van der Waals surface area contributed by atoms with Crippen LogP contribution in [0.4, 0.5) is 17.6 Å². The van der Waals surface area contributed by atoms with Gasteiger partial charge in [0.15, 0.2) is 10.1 Å². The van der Waals surface area contributed by atoms with Crippen LogP contribution in [0.1, 0.15) is 20.3 Å². The Morgan fingerprint density at radius 2 is 1.59 bits per heavy atom. The number of hydrogen-bond acceptors (Lipinski definition) is 7. The second-order valence-corrected chi connectivity index (χ2v) is 5.63. The number of carbonyl (C=O) groups excluding carboxylic acids is 2. The van der Waals surface area contributed by atoms with E-state index in [2.05, 4.69) is 9.47 Å². The van der Waals surface area contributed by atoms with E-state index in [1.807, 2.05) is 0 Å². The van der Waals surface area contributed by atoms with Gasteiger partial charge < -0.3 is 14.0 Å². The van der Waals surface area contributed by atoms with Crippen LogP contribution in [0.25, 0.3) is 0 Å². The molecule has 12 heteroatoms. The normalized spacial score (nSPS) is 16.5. The van der Waals surface area contributed by atoms with Crippen LogP contribution in [-0.2, 0) is 29.2 Å². The van der Waals surface area contributed by atoms with Gasteiger partial charge in [0, 0.05) is 0 Å². The van der Waals surface area contributed by atoms with Gasteiger partial charge in [-0.3, -0.25) is 4.79 Å². The van der Waals surface area contributed by atoms with Crippen LogP contribution in [-0.4, -0.2) is 49.3 Å². The van der Waals surface area contributed by atoms with Gasteiger partial charge in [-0.2, -0.15) is 13.2 Å². The molecule has 2 unspecified atom stereocenters. The summed E-state index contributed by atoms with van der Waals surface area (Å²) in [5.74, 6) is -4.19. The molecule has 0 heterocycles. The summed E-state index contributed by atoms with van der Waals surface area (Å²) in [6, 6.07) is 0. The molecule has 0 N–H and O–H groups in total. The first kappa shape index (κ1) is 20.6. The zero-order valence-electron chi connectivity index (χ0n) is 11.5. The summed E-state index contributed by atoms with van der Waals surface area (Å²) in [6.07, 6.45) is -5.90. The molecule has 0 saturated heterocycles. The fraction of sp³-hybridized carbons (Fsp3) is 0.800. The molecule has 0 aromatic heterocycles. The second kappa shape index (κ2) is 7.22. The molecule has 0 amide bonds. The van der Waals surface area contributed by atoms with Gasteiger partial charge in [0.25, 0.3) is 0 Å². The van der Waals surface area contributed by atoms with Gasteiger partial charge in [-0.1, -0.05) is 13.8 Å². The Kier molecular flexibility index (Phi) is 6.75. The third-order valence-corrected chi connectivity index (χ3v) is 3.63. The smallest absolute Gasteiger partial charge is 0.447 e. The van der Waals surface area contributed by atoms with Crippen molar-refractivity contribution >= 4 is 22.1 Å². The Bertz CT molecular complexity index is 516. The highest BCUT2D eigenvalue weighted by Gasteiger charge is 2.68. The van der Waals surface area contributed by atoms with Crippen LogP contribution in [0, 0.1) is 5.92 Å². The fourth-order valence-electron chi connectivity index (χ4n) is 1.04. The van der Waals surface area contributed by atoms with Crippen LogP contribution in [0.3, 0.4) is 0 Å². The van der Waals surface area contributed by atoms with Crippen LogP contribution in [0.2, 0.25) is 0 Å². The number of esters is 2. The quantitative estimate of drug-likeness (QED) is 0.289. The molecular weight excluding hydrogens is 340 g/mol. The van der Waals surface area contributed by atoms with Crippen molar-refractivity contribution in [2.24, 2.45) is 5.92 Å². The molecule has 22 heavy (non-hydrogen) atoms. The van der Waals surface area contributed by atoms with E-state index in [1.165, 1.54) is 6.92 Å². The first-order valence-electron chi connectivity index (χ1n) is 5.84. The highest BCUT2D eigenvalue weighted by atomic mass is 32.2. The Hall–Kier alpha value is -1.43. The van der Waals surface area contributed by atoms with Gasteiger partial charge in [-0.15, -0.1) is 0 Å². The van der Waals surface area contributed by atoms with E-state index < -0.39 is 52.4 Å². The van der Waals surface area contributed by atoms with Crippen molar-refractivity contribution in [1.82, 2.24) is 0 Å². The number of carbonyl (C=O) groups is 2. The first-order chi connectivity index (χ1) is 9.79. The summed E-state index contributed by atoms with van der Waals surface area (Å²) in [4.78, 5) is 22.1. The lowest BCUT2D eigenvalue weighted by molar-refractivity contribution is -0.216. The maximum absolute atomic E-state index is 13.4. The van der Waals surface area contributed by atoms with E-state index in [0.717, 1.165) is 0 Å². The number of rotatable bonds is 7. The molecule has 0 aromatic rings. The highest BCUT2D eigenvalue weighted by Crippen LogP contribution is 2.39. The minimum Gasteiger partial charge on any atom is -0.745 e. The standard InChI is InChI=1S/C10H14F4O7S/c1-3-6(2)7(15)20-4-5-21-8(16)9(11,10(12,13)14)22(17,18)19/h6H,3-5H2,1-2H3,(H,17,18,19)/p-1. The van der Waals surface area contributed by atoms with Gasteiger partial charge in [-0.25, -0.2) is 17.6 Å². The topological polar surface area (TPSA) is 110 Å². The molecule has 2 atom stereocenters. The Morgan fingerprint density at radius 3 is 1.95 bits per heavy atom. The van der Waals surface area contributed by atoms with Gasteiger partial charge in [0.1, 0.15) is 13.2 Å². The van der Waals surface area contributed by atoms with Gasteiger partial charge in [0.05, 0.1) is 5.92 Å². The van der Waals surface area contributed by atoms with Gasteiger partial charge in [0.2, 0.25) is 0 Å². The van der Waals surface area contributed by atoms with E-state index in [1.54, 1.807) is 6.92 Å². The highest BCUT2D eigenvalue weighted by molar-refractivity contribution is 7.87. The summed E-state index contributed by atoms with van der Waals surface area (Å²) in [5, 5.41) is -5.72. The van der Waals surface area contributed by atoms with Gasteiger partial charge in [-0.05, 0) is 6.42 Å². The van der Waals surface area contributed by atoms with Crippen molar-refractivity contribution in [3.8, 4) is 0 Å². The number of halogens is 4. The molecule has 0 aliphatic rings. The largest absolute Gasteiger partial charge is 0.745 e. The van der Waals surface area contributed by atoms with Crippen molar-refractivity contribution in [3.63, 3.8) is 0 Å². The number of ether oxygens (including phenoxy) is 2. The summed E-state index contributed by atoms with van der Waals surface area (Å²) in [7, 11) is -6.72. The van der Waals surface area contributed by atoms with Crippen molar-refractivity contribution in [1.29, 1.82) is 0 Å². The SMILES string of the molecule is CCC(C)C(=O)OCCOC(=O)C(F)(C(F)(F)F)S(=O)(=O)[O-]. The molecule has 0 rings (SSSR count). The molecule has 130 valence electrons. The Morgan fingerprint density at radius 1 is 1.14 bits per heavy atom. The Labute approximate surface area is 123 Å². The minimum atomic E-state index is -6.72. The summed E-state index contributed by atoms with van der Waals surface area (Å²) < 4.78 is 89.6. The fourth-order valence-corrected chi connectivity index (χ4v) is 1.58. The molecule has 0 saturated carbocycles. The Balaban J connectivity index is 4.74. The monoisotopic (exact) mass is 353 g/mol. The zero-order chi connectivity index (χ0) is 17.8. The molecule has 0 bridgehead atoms. The van der Waals surface area contributed by atoms with E-state index in [-0.39, 0.29) is 0 Å². The van der Waals surface area contributed by atoms with Crippen molar-refractivity contribution in [3.05, 3.63) is 0 Å². The average Bonchev–Trinajstić information content (AvgIpc) is 2.38. The molecular formula is C10H13F4O7S-. The van der Waals surface area contributed by atoms with Gasteiger partial charge >= 0.3 is 23.1 Å². The lowest BCUT2D eigenvalue weighted by atomic mass is 10.1. The van der Waals surface area contributed by atoms with E-state index >= 15 is 0 Å². The second-order valence-electron chi connectivity index (χ2n) is 4.16. The van der Waals surface area contributed by atoms with Crippen molar-refractivity contribution in [2.75, 3.05) is 13.2 Å². The van der Waals surface area contributed by atoms with E-state index in [4.69, 9.17) is 0 Å². The number of hydrogen-bond donors (Lipinski definition) is 0. The maximum atomic E-state index is 13.4. The summed E-state index contributed by atoms with van der Waals surface area (Å²) >= 11 is 0. The minimum absolute atomic E-state index is 0.411. The third kappa shape index (κ3) is 4.53. The summed E-state index contributed by atoms with van der Waals surface area (Å²) in [6.45, 7) is 1.39. The van der Waals surface area contributed by atoms with Crippen LogP contribution >= 0.6 is 0 Å². The number of alkyl halides is 4. The van der Waals surface area contributed by atoms with Crippen molar-refractivity contribution in [2.45, 2.75) is 31.4 Å². The predicted octanol–water partition coefficient (Wildman–Crippen LogP) is 0.892.